The van der Waals surface area contributed by atoms with Gasteiger partial charge < -0.3 is 5.11 Å². The largest absolute Gasteiger partial charge is 0.392 e. The van der Waals surface area contributed by atoms with Gasteiger partial charge in [0.2, 0.25) is 0 Å². The lowest BCUT2D eigenvalue weighted by molar-refractivity contribution is 0.174. The van der Waals surface area contributed by atoms with Crippen LogP contribution in [0.4, 0.5) is 0 Å². The van der Waals surface area contributed by atoms with Gasteiger partial charge in [0.1, 0.15) is 0 Å². The SMILES string of the molecule is Cn1c(CN2CCC(O)C2)cc(=O)n(C)c1=O. The van der Waals surface area contributed by atoms with Crippen LogP contribution < -0.4 is 11.2 Å². The van der Waals surface area contributed by atoms with E-state index in [1.807, 2.05) is 4.90 Å². The summed E-state index contributed by atoms with van der Waals surface area (Å²) < 4.78 is 2.56. The van der Waals surface area contributed by atoms with Crippen molar-refractivity contribution in [3.8, 4) is 0 Å². The molecule has 0 radical (unpaired) electrons. The lowest BCUT2D eigenvalue weighted by Crippen LogP contribution is -2.39. The molecule has 1 atom stereocenters. The van der Waals surface area contributed by atoms with E-state index in [-0.39, 0.29) is 17.4 Å². The van der Waals surface area contributed by atoms with Gasteiger partial charge in [-0.05, 0) is 6.42 Å². The molecule has 1 aliphatic heterocycles. The Kier molecular flexibility index (Phi) is 3.17. The van der Waals surface area contributed by atoms with E-state index in [4.69, 9.17) is 0 Å². The third-order valence-electron chi connectivity index (χ3n) is 3.26. The minimum Gasteiger partial charge on any atom is -0.392 e. The summed E-state index contributed by atoms with van der Waals surface area (Å²) in [5, 5.41) is 9.42. The Morgan fingerprint density at radius 1 is 1.35 bits per heavy atom. The number of aliphatic hydroxyl groups is 1. The fourth-order valence-corrected chi connectivity index (χ4v) is 2.11. The molecule has 1 saturated heterocycles. The summed E-state index contributed by atoms with van der Waals surface area (Å²) in [6, 6.07) is 1.48. The predicted molar refractivity (Wildman–Crippen MR) is 62.8 cm³/mol. The van der Waals surface area contributed by atoms with Crippen molar-refractivity contribution < 1.29 is 5.11 Å². The minimum atomic E-state index is -0.313. The molecule has 1 fully saturated rings. The van der Waals surface area contributed by atoms with Crippen LogP contribution in [0.3, 0.4) is 0 Å². The van der Waals surface area contributed by atoms with Gasteiger partial charge in [-0.3, -0.25) is 18.8 Å². The van der Waals surface area contributed by atoms with E-state index in [9.17, 15) is 14.7 Å². The Hall–Kier alpha value is -1.40. The van der Waals surface area contributed by atoms with E-state index < -0.39 is 0 Å². The molecule has 1 aromatic heterocycles. The third-order valence-corrected chi connectivity index (χ3v) is 3.26. The van der Waals surface area contributed by atoms with Gasteiger partial charge in [-0.2, -0.15) is 0 Å². The molecule has 0 spiro atoms. The molecular weight excluding hydrogens is 222 g/mol. The molecule has 0 aliphatic carbocycles. The Morgan fingerprint density at radius 3 is 2.65 bits per heavy atom. The molecule has 0 bridgehead atoms. The topological polar surface area (TPSA) is 67.5 Å². The maximum atomic E-state index is 11.7. The van der Waals surface area contributed by atoms with Gasteiger partial charge in [-0.1, -0.05) is 0 Å². The van der Waals surface area contributed by atoms with Crippen molar-refractivity contribution in [1.29, 1.82) is 0 Å². The van der Waals surface area contributed by atoms with Crippen LogP contribution in [0.15, 0.2) is 15.7 Å². The standard InChI is InChI=1S/C11H17N3O3/c1-12-8(5-10(16)13(2)11(12)17)6-14-4-3-9(15)7-14/h5,9,15H,3-4,6-7H2,1-2H3. The van der Waals surface area contributed by atoms with Crippen LogP contribution in [-0.4, -0.2) is 38.3 Å². The van der Waals surface area contributed by atoms with Crippen molar-refractivity contribution in [3.63, 3.8) is 0 Å². The van der Waals surface area contributed by atoms with Crippen molar-refractivity contribution in [2.45, 2.75) is 19.1 Å². The van der Waals surface area contributed by atoms with Crippen molar-refractivity contribution in [1.82, 2.24) is 14.0 Å². The van der Waals surface area contributed by atoms with Crippen molar-refractivity contribution >= 4 is 0 Å². The van der Waals surface area contributed by atoms with Gasteiger partial charge in [-0.15, -0.1) is 0 Å². The number of aliphatic hydroxyl groups excluding tert-OH is 1. The second kappa shape index (κ2) is 4.46. The Bertz CT molecular complexity index is 532. The second-order valence-corrected chi connectivity index (χ2v) is 4.55. The minimum absolute atomic E-state index is 0.289. The van der Waals surface area contributed by atoms with E-state index in [2.05, 4.69) is 0 Å². The summed E-state index contributed by atoms with van der Waals surface area (Å²) in [6.07, 6.45) is 0.456. The van der Waals surface area contributed by atoms with E-state index in [1.54, 1.807) is 7.05 Å². The molecule has 1 aromatic rings. The Labute approximate surface area is 98.7 Å². The highest BCUT2D eigenvalue weighted by Gasteiger charge is 2.21. The smallest absolute Gasteiger partial charge is 0.330 e. The second-order valence-electron chi connectivity index (χ2n) is 4.55. The molecule has 94 valence electrons. The Morgan fingerprint density at radius 2 is 2.06 bits per heavy atom. The fourth-order valence-electron chi connectivity index (χ4n) is 2.11. The average molecular weight is 239 g/mol. The van der Waals surface area contributed by atoms with Crippen molar-refractivity contribution in [2.75, 3.05) is 13.1 Å². The summed E-state index contributed by atoms with van der Waals surface area (Å²) in [5.74, 6) is 0. The van der Waals surface area contributed by atoms with Crippen LogP contribution in [0.25, 0.3) is 0 Å². The normalized spacial score (nSPS) is 21.0. The van der Waals surface area contributed by atoms with Gasteiger partial charge in [0.25, 0.3) is 5.56 Å². The molecule has 1 N–H and O–H groups in total. The maximum absolute atomic E-state index is 11.7. The zero-order valence-corrected chi connectivity index (χ0v) is 10.1. The number of hydrogen-bond acceptors (Lipinski definition) is 4. The van der Waals surface area contributed by atoms with Gasteiger partial charge in [0, 0.05) is 45.5 Å². The summed E-state index contributed by atoms with van der Waals surface area (Å²) in [5.41, 5.74) is 0.0855. The number of likely N-dealkylation sites (tertiary alicyclic amines) is 1. The first-order chi connectivity index (χ1) is 7.99. The first-order valence-electron chi connectivity index (χ1n) is 5.65. The molecule has 17 heavy (non-hydrogen) atoms. The predicted octanol–water partition coefficient (Wildman–Crippen LogP) is -1.35. The fraction of sp³-hybridized carbons (Fsp3) is 0.636. The summed E-state index contributed by atoms with van der Waals surface area (Å²) in [4.78, 5) is 25.3. The average Bonchev–Trinajstić information content (AvgIpc) is 2.69. The van der Waals surface area contributed by atoms with Crippen LogP contribution in [0.1, 0.15) is 12.1 Å². The first kappa shape index (κ1) is 12.1. The van der Waals surface area contributed by atoms with Crippen LogP contribution in [0.5, 0.6) is 0 Å². The zero-order chi connectivity index (χ0) is 12.6. The highest BCUT2D eigenvalue weighted by molar-refractivity contribution is 5.02. The van der Waals surface area contributed by atoms with Crippen LogP contribution >= 0.6 is 0 Å². The number of rotatable bonds is 2. The number of hydrogen-bond donors (Lipinski definition) is 1. The highest BCUT2D eigenvalue weighted by Crippen LogP contribution is 2.11. The van der Waals surface area contributed by atoms with E-state index in [0.29, 0.717) is 18.8 Å². The van der Waals surface area contributed by atoms with Crippen LogP contribution in [0.2, 0.25) is 0 Å². The van der Waals surface area contributed by atoms with E-state index in [1.165, 1.54) is 17.7 Å². The maximum Gasteiger partial charge on any atom is 0.330 e. The molecule has 6 nitrogen and oxygen atoms in total. The highest BCUT2D eigenvalue weighted by atomic mass is 16.3. The molecule has 0 aromatic carbocycles. The van der Waals surface area contributed by atoms with Crippen LogP contribution in [0, 0.1) is 0 Å². The quantitative estimate of drug-likeness (QED) is 0.693. The van der Waals surface area contributed by atoms with E-state index >= 15 is 0 Å². The molecule has 6 heteroatoms. The Balaban J connectivity index is 2.28. The van der Waals surface area contributed by atoms with Gasteiger partial charge in [-0.25, -0.2) is 4.79 Å². The molecule has 1 aliphatic rings. The monoisotopic (exact) mass is 239 g/mol. The molecular formula is C11H17N3O3. The zero-order valence-electron chi connectivity index (χ0n) is 10.1. The lowest BCUT2D eigenvalue weighted by Gasteiger charge is -2.17. The first-order valence-corrected chi connectivity index (χ1v) is 5.65. The van der Waals surface area contributed by atoms with Crippen molar-refractivity contribution in [3.05, 3.63) is 32.6 Å². The third kappa shape index (κ3) is 2.32. The molecule has 2 rings (SSSR count). The summed E-state index contributed by atoms with van der Waals surface area (Å²) in [6.45, 7) is 1.92. The van der Waals surface area contributed by atoms with E-state index in [0.717, 1.165) is 17.5 Å². The summed E-state index contributed by atoms with van der Waals surface area (Å²) in [7, 11) is 3.12. The number of nitrogens with zero attached hydrogens (tertiary/aromatic N) is 3. The lowest BCUT2D eigenvalue weighted by atomic mass is 10.3. The number of β-amino-alcohol motifs (C(OH)–C–C–N with tert-alkyl or cyclic N) is 1. The van der Waals surface area contributed by atoms with Crippen molar-refractivity contribution in [2.24, 2.45) is 14.1 Å². The molecule has 1 unspecified atom stereocenters. The van der Waals surface area contributed by atoms with Crippen LogP contribution in [-0.2, 0) is 20.6 Å². The summed E-state index contributed by atoms with van der Waals surface area (Å²) >= 11 is 0. The van der Waals surface area contributed by atoms with Gasteiger partial charge >= 0.3 is 5.69 Å². The molecule has 2 heterocycles. The number of aromatic nitrogens is 2. The van der Waals surface area contributed by atoms with Gasteiger partial charge in [0.05, 0.1) is 6.10 Å². The molecule has 0 amide bonds. The van der Waals surface area contributed by atoms with Gasteiger partial charge in [0.15, 0.2) is 0 Å². The molecule has 0 saturated carbocycles.